The summed E-state index contributed by atoms with van der Waals surface area (Å²) >= 11 is 1.04. The van der Waals surface area contributed by atoms with E-state index in [1.165, 1.54) is 0 Å². The van der Waals surface area contributed by atoms with E-state index in [0.717, 1.165) is 11.3 Å². The monoisotopic (exact) mass is 251 g/mol. The molecule has 1 N–H and O–H groups in total. The van der Waals surface area contributed by atoms with Gasteiger partial charge in [0.25, 0.3) is 0 Å². The van der Waals surface area contributed by atoms with Crippen molar-refractivity contribution in [3.05, 3.63) is 28.8 Å². The largest absolute Gasteiger partial charge is 0.476 e. The van der Waals surface area contributed by atoms with Gasteiger partial charge in [0.2, 0.25) is 5.01 Å². The summed E-state index contributed by atoms with van der Waals surface area (Å²) in [5, 5.41) is 8.82. The number of aromatic carboxylic acids is 1. The normalized spacial score (nSPS) is 10.4. The molecule has 1 aromatic heterocycles. The molecule has 2 rings (SSSR count). The van der Waals surface area contributed by atoms with Crippen molar-refractivity contribution in [1.82, 2.24) is 4.98 Å². The van der Waals surface area contributed by atoms with Crippen LogP contribution in [0.1, 0.15) is 27.1 Å². The fourth-order valence-electron chi connectivity index (χ4n) is 1.36. The first kappa shape index (κ1) is 11.5. The molecule has 2 aromatic rings. The van der Waals surface area contributed by atoms with Crippen molar-refractivity contribution >= 4 is 33.5 Å². The van der Waals surface area contributed by atoms with E-state index < -0.39 is 11.9 Å². The van der Waals surface area contributed by atoms with Crippen molar-refractivity contribution in [1.29, 1.82) is 0 Å². The van der Waals surface area contributed by atoms with Crippen LogP contribution in [0.5, 0.6) is 0 Å². The number of benzene rings is 1. The van der Waals surface area contributed by atoms with Gasteiger partial charge in [-0.25, -0.2) is 14.6 Å². The number of hydrogen-bond acceptors (Lipinski definition) is 5. The molecule has 0 amide bonds. The van der Waals surface area contributed by atoms with Gasteiger partial charge in [-0.3, -0.25) is 0 Å². The molecule has 1 heterocycles. The van der Waals surface area contributed by atoms with Crippen LogP contribution in [0.3, 0.4) is 0 Å². The first-order chi connectivity index (χ1) is 8.11. The Bertz CT molecular complexity index is 590. The fourth-order valence-corrected chi connectivity index (χ4v) is 2.20. The molecule has 5 nitrogen and oxygen atoms in total. The third-order valence-electron chi connectivity index (χ3n) is 2.08. The number of carbonyl (C=O) groups excluding carboxylic acids is 1. The SMILES string of the molecule is CCOC(=O)c1ccc2nc(C(=O)O)sc2c1. The Balaban J connectivity index is 2.43. The summed E-state index contributed by atoms with van der Waals surface area (Å²) in [6.07, 6.45) is 0. The Kier molecular flexibility index (Phi) is 3.06. The van der Waals surface area contributed by atoms with Crippen molar-refractivity contribution < 1.29 is 19.4 Å². The lowest BCUT2D eigenvalue weighted by Crippen LogP contribution is -2.03. The molecule has 0 aliphatic rings. The first-order valence-electron chi connectivity index (χ1n) is 4.93. The molecule has 0 aliphatic heterocycles. The second-order valence-corrected chi connectivity index (χ2v) is 4.26. The Labute approximate surface area is 101 Å². The highest BCUT2D eigenvalue weighted by Gasteiger charge is 2.13. The highest BCUT2D eigenvalue weighted by atomic mass is 32.1. The van der Waals surface area contributed by atoms with E-state index in [4.69, 9.17) is 9.84 Å². The summed E-state index contributed by atoms with van der Waals surface area (Å²) in [6, 6.07) is 4.79. The number of aromatic nitrogens is 1. The quantitative estimate of drug-likeness (QED) is 0.846. The van der Waals surface area contributed by atoms with Crippen LogP contribution in [0.4, 0.5) is 0 Å². The van der Waals surface area contributed by atoms with Gasteiger partial charge in [-0.1, -0.05) is 0 Å². The van der Waals surface area contributed by atoms with E-state index >= 15 is 0 Å². The van der Waals surface area contributed by atoms with Gasteiger partial charge in [-0.15, -0.1) is 11.3 Å². The number of esters is 1. The Morgan fingerprint density at radius 3 is 2.88 bits per heavy atom. The third-order valence-corrected chi connectivity index (χ3v) is 3.09. The van der Waals surface area contributed by atoms with Gasteiger partial charge in [0.15, 0.2) is 0 Å². The van der Waals surface area contributed by atoms with Crippen LogP contribution in [-0.4, -0.2) is 28.6 Å². The van der Waals surface area contributed by atoms with Gasteiger partial charge in [-0.2, -0.15) is 0 Å². The molecule has 17 heavy (non-hydrogen) atoms. The van der Waals surface area contributed by atoms with Crippen LogP contribution < -0.4 is 0 Å². The van der Waals surface area contributed by atoms with E-state index in [1.807, 2.05) is 0 Å². The Hall–Kier alpha value is -1.95. The maximum absolute atomic E-state index is 11.5. The predicted octanol–water partition coefficient (Wildman–Crippen LogP) is 2.17. The molecule has 88 valence electrons. The molecule has 0 saturated carbocycles. The molecular weight excluding hydrogens is 242 g/mol. The summed E-state index contributed by atoms with van der Waals surface area (Å²) in [4.78, 5) is 26.1. The summed E-state index contributed by atoms with van der Waals surface area (Å²) in [7, 11) is 0. The van der Waals surface area contributed by atoms with Gasteiger partial charge in [0.1, 0.15) is 0 Å². The van der Waals surface area contributed by atoms with E-state index in [0.29, 0.717) is 22.4 Å². The molecule has 0 saturated heterocycles. The number of nitrogens with zero attached hydrogens (tertiary/aromatic N) is 1. The predicted molar refractivity (Wildman–Crippen MR) is 62.5 cm³/mol. The number of carbonyl (C=O) groups is 2. The van der Waals surface area contributed by atoms with E-state index in [1.54, 1.807) is 25.1 Å². The van der Waals surface area contributed by atoms with E-state index in [-0.39, 0.29) is 5.01 Å². The van der Waals surface area contributed by atoms with Crippen molar-refractivity contribution in [3.63, 3.8) is 0 Å². The smallest absolute Gasteiger partial charge is 0.365 e. The summed E-state index contributed by atoms with van der Waals surface area (Å²) < 4.78 is 5.52. The van der Waals surface area contributed by atoms with Crippen LogP contribution in [-0.2, 0) is 4.74 Å². The zero-order valence-electron chi connectivity index (χ0n) is 8.97. The molecule has 1 aromatic carbocycles. The Morgan fingerprint density at radius 2 is 2.24 bits per heavy atom. The van der Waals surface area contributed by atoms with Gasteiger partial charge >= 0.3 is 11.9 Å². The second-order valence-electron chi connectivity index (χ2n) is 3.23. The number of rotatable bonds is 3. The number of fused-ring (bicyclic) bond motifs is 1. The summed E-state index contributed by atoms with van der Waals surface area (Å²) in [5.74, 6) is -1.48. The molecule has 0 radical (unpaired) electrons. The lowest BCUT2D eigenvalue weighted by atomic mass is 10.2. The third kappa shape index (κ3) is 2.26. The molecule has 0 aliphatic carbocycles. The molecule has 0 fully saturated rings. The molecular formula is C11H9NO4S. The maximum atomic E-state index is 11.5. The highest BCUT2D eigenvalue weighted by molar-refractivity contribution is 7.20. The van der Waals surface area contributed by atoms with Crippen molar-refractivity contribution in [2.45, 2.75) is 6.92 Å². The van der Waals surface area contributed by atoms with Crippen LogP contribution in [0.15, 0.2) is 18.2 Å². The second kappa shape index (κ2) is 4.50. The van der Waals surface area contributed by atoms with E-state index in [2.05, 4.69) is 4.98 Å². The van der Waals surface area contributed by atoms with E-state index in [9.17, 15) is 9.59 Å². The fraction of sp³-hybridized carbons (Fsp3) is 0.182. The van der Waals surface area contributed by atoms with Crippen LogP contribution in [0.25, 0.3) is 10.2 Å². The Morgan fingerprint density at radius 1 is 1.47 bits per heavy atom. The van der Waals surface area contributed by atoms with Crippen molar-refractivity contribution in [2.24, 2.45) is 0 Å². The number of ether oxygens (including phenoxy) is 1. The molecule has 0 atom stereocenters. The minimum atomic E-state index is -1.07. The highest BCUT2D eigenvalue weighted by Crippen LogP contribution is 2.23. The average Bonchev–Trinajstić information content (AvgIpc) is 2.71. The molecule has 0 spiro atoms. The zero-order valence-corrected chi connectivity index (χ0v) is 9.78. The number of carboxylic acid groups (broad SMARTS) is 1. The van der Waals surface area contributed by atoms with Crippen molar-refractivity contribution in [2.75, 3.05) is 6.61 Å². The minimum Gasteiger partial charge on any atom is -0.476 e. The molecule has 0 unspecified atom stereocenters. The molecule has 6 heteroatoms. The average molecular weight is 251 g/mol. The van der Waals surface area contributed by atoms with Gasteiger partial charge in [-0.05, 0) is 25.1 Å². The summed E-state index contributed by atoms with van der Waals surface area (Å²) in [6.45, 7) is 2.03. The topological polar surface area (TPSA) is 76.5 Å². The van der Waals surface area contributed by atoms with Gasteiger partial charge in [0.05, 0.1) is 22.4 Å². The van der Waals surface area contributed by atoms with Crippen LogP contribution in [0, 0.1) is 0 Å². The van der Waals surface area contributed by atoms with Crippen LogP contribution >= 0.6 is 11.3 Å². The van der Waals surface area contributed by atoms with Crippen molar-refractivity contribution in [3.8, 4) is 0 Å². The first-order valence-corrected chi connectivity index (χ1v) is 5.74. The lowest BCUT2D eigenvalue weighted by molar-refractivity contribution is 0.0526. The van der Waals surface area contributed by atoms with Crippen LogP contribution in [0.2, 0.25) is 0 Å². The number of carboxylic acids is 1. The number of thiazole rings is 1. The van der Waals surface area contributed by atoms with Gasteiger partial charge in [0, 0.05) is 0 Å². The van der Waals surface area contributed by atoms with Gasteiger partial charge < -0.3 is 9.84 Å². The minimum absolute atomic E-state index is 0.0148. The lowest BCUT2D eigenvalue weighted by Gasteiger charge is -2.00. The molecule has 0 bridgehead atoms. The zero-order chi connectivity index (χ0) is 12.4. The standard InChI is InChI=1S/C11H9NO4S/c1-2-16-11(15)6-3-4-7-8(5-6)17-9(12-7)10(13)14/h3-5H,2H2,1H3,(H,13,14). The summed E-state index contributed by atoms with van der Waals surface area (Å²) in [5.41, 5.74) is 0.973. The maximum Gasteiger partial charge on any atom is 0.365 e. The number of hydrogen-bond donors (Lipinski definition) is 1.